The second-order valence-electron chi connectivity index (χ2n) is 4.63. The third kappa shape index (κ3) is 2.02. The Labute approximate surface area is 110 Å². The third-order valence-electron chi connectivity index (χ3n) is 3.47. The van der Waals surface area contributed by atoms with E-state index in [1.165, 1.54) is 0 Å². The Morgan fingerprint density at radius 2 is 2.05 bits per heavy atom. The number of hydrogen-bond donors (Lipinski definition) is 1. The quantitative estimate of drug-likeness (QED) is 0.764. The van der Waals surface area contributed by atoms with E-state index >= 15 is 0 Å². The molecule has 2 heterocycles. The van der Waals surface area contributed by atoms with Crippen LogP contribution < -0.4 is 10.5 Å². The summed E-state index contributed by atoms with van der Waals surface area (Å²) in [5.41, 5.74) is 6.66. The Bertz CT molecular complexity index is 527. The molecular weight excluding hydrogens is 251 g/mol. The largest absolute Gasteiger partial charge is 0.491 e. The lowest BCUT2D eigenvalue weighted by Gasteiger charge is -2.27. The van der Waals surface area contributed by atoms with E-state index < -0.39 is 5.82 Å². The summed E-state index contributed by atoms with van der Waals surface area (Å²) in [7, 11) is 0. The zero-order chi connectivity index (χ0) is 13.4. The highest BCUT2D eigenvalue weighted by Gasteiger charge is 2.30. The second kappa shape index (κ2) is 4.70. The van der Waals surface area contributed by atoms with Gasteiger partial charge >= 0.3 is 0 Å². The van der Waals surface area contributed by atoms with Gasteiger partial charge in [0.05, 0.1) is 31.1 Å². The van der Waals surface area contributed by atoms with Crippen molar-refractivity contribution in [1.82, 2.24) is 4.90 Å². The maximum absolute atomic E-state index is 14.1. The van der Waals surface area contributed by atoms with Crippen LogP contribution in [0.1, 0.15) is 15.9 Å². The van der Waals surface area contributed by atoms with E-state index in [2.05, 4.69) is 0 Å². The second-order valence-corrected chi connectivity index (χ2v) is 4.63. The van der Waals surface area contributed by atoms with Gasteiger partial charge in [0.1, 0.15) is 11.6 Å². The van der Waals surface area contributed by atoms with Gasteiger partial charge in [0.2, 0.25) is 0 Å². The van der Waals surface area contributed by atoms with Crippen LogP contribution in [-0.4, -0.2) is 43.7 Å². The van der Waals surface area contributed by atoms with Crippen LogP contribution in [0.5, 0.6) is 5.75 Å². The molecule has 0 unspecified atom stereocenters. The minimum atomic E-state index is -0.571. The van der Waals surface area contributed by atoms with Crippen LogP contribution in [0.4, 0.5) is 10.1 Å². The van der Waals surface area contributed by atoms with E-state index in [0.29, 0.717) is 50.6 Å². The molecule has 2 aliphatic heterocycles. The van der Waals surface area contributed by atoms with Crippen LogP contribution in [-0.2, 0) is 11.2 Å². The van der Waals surface area contributed by atoms with E-state index in [9.17, 15) is 9.18 Å². The molecule has 5 nitrogen and oxygen atoms in total. The van der Waals surface area contributed by atoms with Crippen LogP contribution in [0.25, 0.3) is 0 Å². The Kier molecular flexibility index (Phi) is 3.02. The van der Waals surface area contributed by atoms with Crippen LogP contribution in [0.3, 0.4) is 0 Å². The highest BCUT2D eigenvalue weighted by Crippen LogP contribution is 2.36. The number of rotatable bonds is 1. The van der Waals surface area contributed by atoms with Crippen molar-refractivity contribution < 1.29 is 18.7 Å². The molecule has 2 aliphatic rings. The van der Waals surface area contributed by atoms with E-state index in [0.717, 1.165) is 6.07 Å². The molecule has 0 aromatic heterocycles. The van der Waals surface area contributed by atoms with E-state index in [4.69, 9.17) is 15.2 Å². The van der Waals surface area contributed by atoms with Gasteiger partial charge in [-0.15, -0.1) is 0 Å². The number of nitrogens with two attached hydrogens (primary N) is 1. The number of ether oxygens (including phenoxy) is 2. The lowest BCUT2D eigenvalue weighted by atomic mass is 10.0. The zero-order valence-electron chi connectivity index (χ0n) is 10.4. The predicted octanol–water partition coefficient (Wildman–Crippen LogP) is 0.815. The summed E-state index contributed by atoms with van der Waals surface area (Å²) in [6.45, 7) is 2.38. The van der Waals surface area contributed by atoms with Crippen LogP contribution in [0.15, 0.2) is 6.07 Å². The molecule has 1 fully saturated rings. The molecule has 0 spiro atoms. The normalized spacial score (nSPS) is 18.1. The number of carbonyl (C=O) groups excluding carboxylic acids is 1. The number of anilines is 1. The lowest BCUT2D eigenvalue weighted by molar-refractivity contribution is 0.0299. The summed E-state index contributed by atoms with van der Waals surface area (Å²) in [5, 5.41) is 0. The molecule has 0 radical (unpaired) electrons. The molecule has 0 bridgehead atoms. The summed E-state index contributed by atoms with van der Waals surface area (Å²) >= 11 is 0. The maximum Gasteiger partial charge on any atom is 0.257 e. The Hall–Kier alpha value is -1.82. The Morgan fingerprint density at radius 1 is 1.32 bits per heavy atom. The first kappa shape index (κ1) is 12.2. The van der Waals surface area contributed by atoms with Gasteiger partial charge in [0.15, 0.2) is 0 Å². The van der Waals surface area contributed by atoms with Gasteiger partial charge in [0.25, 0.3) is 5.91 Å². The van der Waals surface area contributed by atoms with E-state index in [1.807, 2.05) is 0 Å². The number of hydrogen-bond acceptors (Lipinski definition) is 4. The third-order valence-corrected chi connectivity index (χ3v) is 3.47. The maximum atomic E-state index is 14.1. The van der Waals surface area contributed by atoms with Crippen LogP contribution in [0, 0.1) is 5.82 Å². The fraction of sp³-hybridized carbons (Fsp3) is 0.462. The molecular formula is C13H15FN2O3. The molecule has 19 heavy (non-hydrogen) atoms. The van der Waals surface area contributed by atoms with Gasteiger partial charge in [0, 0.05) is 31.1 Å². The molecule has 2 N–H and O–H groups in total. The lowest BCUT2D eigenvalue weighted by Crippen LogP contribution is -2.41. The SMILES string of the molecule is Nc1cc(F)c(C(=O)N2CCOCC2)c2c1OCC2. The Morgan fingerprint density at radius 3 is 2.79 bits per heavy atom. The van der Waals surface area contributed by atoms with E-state index in [-0.39, 0.29) is 17.2 Å². The standard InChI is InChI=1S/C13H15FN2O3/c14-9-7-10(15)12-8(1-4-19-12)11(9)13(17)16-2-5-18-6-3-16/h7H,1-6,15H2. The van der Waals surface area contributed by atoms with Crippen molar-refractivity contribution in [3.8, 4) is 5.75 Å². The first-order valence-corrected chi connectivity index (χ1v) is 6.29. The van der Waals surface area contributed by atoms with Crippen molar-refractivity contribution in [2.24, 2.45) is 0 Å². The summed E-state index contributed by atoms with van der Waals surface area (Å²) in [5.74, 6) is -0.418. The van der Waals surface area contributed by atoms with Crippen LogP contribution in [0.2, 0.25) is 0 Å². The topological polar surface area (TPSA) is 64.8 Å². The average Bonchev–Trinajstić information content (AvgIpc) is 2.89. The molecule has 3 rings (SSSR count). The van der Waals surface area contributed by atoms with Gasteiger partial charge < -0.3 is 20.1 Å². The number of nitrogen functional groups attached to an aromatic ring is 1. The number of morpholine rings is 1. The minimum Gasteiger partial charge on any atom is -0.491 e. The molecule has 0 atom stereocenters. The van der Waals surface area contributed by atoms with Crippen molar-refractivity contribution in [3.63, 3.8) is 0 Å². The molecule has 1 saturated heterocycles. The summed E-state index contributed by atoms with van der Waals surface area (Å²) in [6, 6.07) is 1.16. The number of nitrogens with zero attached hydrogens (tertiary/aromatic N) is 1. The van der Waals surface area contributed by atoms with Gasteiger partial charge in [-0.3, -0.25) is 4.79 Å². The van der Waals surface area contributed by atoms with Crippen molar-refractivity contribution in [3.05, 3.63) is 23.0 Å². The van der Waals surface area contributed by atoms with Crippen molar-refractivity contribution in [2.45, 2.75) is 6.42 Å². The van der Waals surface area contributed by atoms with Gasteiger partial charge in [-0.25, -0.2) is 4.39 Å². The summed E-state index contributed by atoms with van der Waals surface area (Å²) < 4.78 is 24.7. The Balaban J connectivity index is 2.00. The summed E-state index contributed by atoms with van der Waals surface area (Å²) in [6.07, 6.45) is 0.517. The van der Waals surface area contributed by atoms with Gasteiger partial charge in [-0.2, -0.15) is 0 Å². The molecule has 1 aromatic carbocycles. The van der Waals surface area contributed by atoms with E-state index in [1.54, 1.807) is 4.90 Å². The molecule has 1 aromatic rings. The number of carbonyl (C=O) groups is 1. The highest BCUT2D eigenvalue weighted by molar-refractivity contribution is 5.97. The molecule has 6 heteroatoms. The molecule has 0 aliphatic carbocycles. The number of amides is 1. The van der Waals surface area contributed by atoms with Crippen molar-refractivity contribution in [2.75, 3.05) is 38.6 Å². The number of halogens is 1. The zero-order valence-corrected chi connectivity index (χ0v) is 10.4. The highest BCUT2D eigenvalue weighted by atomic mass is 19.1. The predicted molar refractivity (Wildman–Crippen MR) is 66.7 cm³/mol. The first-order valence-electron chi connectivity index (χ1n) is 6.29. The fourth-order valence-corrected chi connectivity index (χ4v) is 2.53. The van der Waals surface area contributed by atoms with Crippen molar-refractivity contribution >= 4 is 11.6 Å². The van der Waals surface area contributed by atoms with Gasteiger partial charge in [-0.1, -0.05) is 0 Å². The molecule has 102 valence electrons. The van der Waals surface area contributed by atoms with Gasteiger partial charge in [-0.05, 0) is 0 Å². The monoisotopic (exact) mass is 266 g/mol. The van der Waals surface area contributed by atoms with Crippen molar-refractivity contribution in [1.29, 1.82) is 0 Å². The minimum absolute atomic E-state index is 0.101. The summed E-state index contributed by atoms with van der Waals surface area (Å²) in [4.78, 5) is 14.0. The smallest absolute Gasteiger partial charge is 0.257 e. The molecule has 0 saturated carbocycles. The average molecular weight is 266 g/mol. The fourth-order valence-electron chi connectivity index (χ4n) is 2.53. The first-order chi connectivity index (χ1) is 9.18. The number of benzene rings is 1. The van der Waals surface area contributed by atoms with Crippen LogP contribution >= 0.6 is 0 Å². The molecule has 1 amide bonds. The number of fused-ring (bicyclic) bond motifs is 1.